The monoisotopic (exact) mass is 345 g/mol. The number of rotatable bonds is 4. The molecule has 24 heavy (non-hydrogen) atoms. The second kappa shape index (κ2) is 6.56. The standard InChI is InChI=1S/C16H12F5NO2/c17-12-7-6-10(8-13(12)18)14(23)22-9-15(24,16(19,20)21)11-4-2-1-3-5-11/h1-8,24H,9H2,(H,22,23)/t15-/m0/s1. The van der Waals surface area contributed by atoms with Crippen molar-refractivity contribution < 1.29 is 31.9 Å². The lowest BCUT2D eigenvalue weighted by Gasteiger charge is -2.31. The van der Waals surface area contributed by atoms with Crippen LogP contribution in [0.5, 0.6) is 0 Å². The first-order chi connectivity index (χ1) is 11.1. The molecule has 2 aromatic rings. The van der Waals surface area contributed by atoms with Crippen LogP contribution < -0.4 is 5.32 Å². The average Bonchev–Trinajstić information content (AvgIpc) is 2.54. The van der Waals surface area contributed by atoms with E-state index in [2.05, 4.69) is 0 Å². The van der Waals surface area contributed by atoms with Crippen LogP contribution in [0.1, 0.15) is 15.9 Å². The second-order valence-electron chi connectivity index (χ2n) is 5.04. The lowest BCUT2D eigenvalue weighted by molar-refractivity contribution is -0.263. The van der Waals surface area contributed by atoms with Gasteiger partial charge in [-0.3, -0.25) is 4.79 Å². The molecule has 0 spiro atoms. The zero-order valence-electron chi connectivity index (χ0n) is 12.1. The number of carbonyl (C=O) groups is 1. The summed E-state index contributed by atoms with van der Waals surface area (Å²) in [4.78, 5) is 11.8. The molecule has 128 valence electrons. The highest BCUT2D eigenvalue weighted by Crippen LogP contribution is 2.38. The predicted octanol–water partition coefficient (Wildman–Crippen LogP) is 3.14. The molecule has 0 unspecified atom stereocenters. The molecule has 2 rings (SSSR count). The minimum Gasteiger partial charge on any atom is -0.375 e. The Morgan fingerprint density at radius 3 is 2.17 bits per heavy atom. The molecule has 0 fully saturated rings. The summed E-state index contributed by atoms with van der Waals surface area (Å²) in [6.07, 6.45) is -5.06. The first-order valence-electron chi connectivity index (χ1n) is 6.73. The lowest BCUT2D eigenvalue weighted by atomic mass is 9.93. The van der Waals surface area contributed by atoms with E-state index in [9.17, 15) is 31.9 Å². The van der Waals surface area contributed by atoms with Crippen molar-refractivity contribution >= 4 is 5.91 Å². The highest BCUT2D eigenvalue weighted by atomic mass is 19.4. The number of halogens is 5. The van der Waals surface area contributed by atoms with Crippen LogP contribution in [0.3, 0.4) is 0 Å². The van der Waals surface area contributed by atoms with E-state index in [0.717, 1.165) is 18.2 Å². The molecule has 2 N–H and O–H groups in total. The van der Waals surface area contributed by atoms with E-state index >= 15 is 0 Å². The van der Waals surface area contributed by atoms with E-state index < -0.39 is 41.4 Å². The summed E-state index contributed by atoms with van der Waals surface area (Å²) < 4.78 is 65.7. The predicted molar refractivity (Wildman–Crippen MR) is 75.1 cm³/mol. The Kier molecular flexibility index (Phi) is 4.88. The van der Waals surface area contributed by atoms with Crippen molar-refractivity contribution in [2.24, 2.45) is 0 Å². The number of hydrogen-bond acceptors (Lipinski definition) is 2. The summed E-state index contributed by atoms with van der Waals surface area (Å²) >= 11 is 0. The van der Waals surface area contributed by atoms with Gasteiger partial charge in [0, 0.05) is 5.56 Å². The van der Waals surface area contributed by atoms with Crippen LogP contribution >= 0.6 is 0 Å². The largest absolute Gasteiger partial charge is 0.423 e. The van der Waals surface area contributed by atoms with Crippen LogP contribution in [0.4, 0.5) is 22.0 Å². The summed E-state index contributed by atoms with van der Waals surface area (Å²) in [6, 6.07) is 8.38. The van der Waals surface area contributed by atoms with Crippen LogP contribution in [-0.2, 0) is 5.60 Å². The summed E-state index contributed by atoms with van der Waals surface area (Å²) in [6.45, 7) is -1.18. The summed E-state index contributed by atoms with van der Waals surface area (Å²) in [7, 11) is 0. The Labute approximate surface area is 133 Å². The van der Waals surface area contributed by atoms with Gasteiger partial charge in [-0.1, -0.05) is 30.3 Å². The highest BCUT2D eigenvalue weighted by molar-refractivity contribution is 5.94. The zero-order valence-corrected chi connectivity index (χ0v) is 12.1. The van der Waals surface area contributed by atoms with E-state index in [4.69, 9.17) is 0 Å². The molecule has 3 nitrogen and oxygen atoms in total. The molecule has 0 saturated heterocycles. The Hall–Kier alpha value is -2.48. The van der Waals surface area contributed by atoms with Crippen LogP contribution in [0.2, 0.25) is 0 Å². The summed E-state index contributed by atoms with van der Waals surface area (Å²) in [5, 5.41) is 11.9. The second-order valence-corrected chi connectivity index (χ2v) is 5.04. The van der Waals surface area contributed by atoms with Gasteiger partial charge in [0.1, 0.15) is 0 Å². The van der Waals surface area contributed by atoms with Gasteiger partial charge >= 0.3 is 6.18 Å². The van der Waals surface area contributed by atoms with E-state index in [1.54, 1.807) is 0 Å². The van der Waals surface area contributed by atoms with Gasteiger partial charge in [-0.25, -0.2) is 8.78 Å². The van der Waals surface area contributed by atoms with Crippen molar-refractivity contribution in [1.29, 1.82) is 0 Å². The third-order valence-electron chi connectivity index (χ3n) is 3.41. The van der Waals surface area contributed by atoms with Crippen molar-refractivity contribution in [3.05, 3.63) is 71.3 Å². The first-order valence-corrected chi connectivity index (χ1v) is 6.73. The lowest BCUT2D eigenvalue weighted by Crippen LogP contribution is -2.51. The molecule has 0 aliphatic rings. The average molecular weight is 345 g/mol. The van der Waals surface area contributed by atoms with Gasteiger partial charge in [0.25, 0.3) is 5.91 Å². The highest BCUT2D eigenvalue weighted by Gasteiger charge is 2.55. The molecule has 0 radical (unpaired) electrons. The molecule has 0 saturated carbocycles. The zero-order chi connectivity index (χ0) is 18.0. The maximum Gasteiger partial charge on any atom is 0.423 e. The first kappa shape index (κ1) is 17.9. The Balaban J connectivity index is 2.22. The van der Waals surface area contributed by atoms with E-state index in [1.165, 1.54) is 18.2 Å². The summed E-state index contributed by atoms with van der Waals surface area (Å²) in [5.41, 5.74) is -4.14. The number of nitrogens with one attached hydrogen (secondary N) is 1. The van der Waals surface area contributed by atoms with Crippen LogP contribution in [0.15, 0.2) is 48.5 Å². The van der Waals surface area contributed by atoms with Crippen LogP contribution in [0, 0.1) is 11.6 Å². The van der Waals surface area contributed by atoms with E-state index in [1.807, 2.05) is 5.32 Å². The van der Waals surface area contributed by atoms with Crippen molar-refractivity contribution in [2.45, 2.75) is 11.8 Å². The smallest absolute Gasteiger partial charge is 0.375 e. The van der Waals surface area contributed by atoms with Crippen molar-refractivity contribution in [1.82, 2.24) is 5.32 Å². The van der Waals surface area contributed by atoms with Crippen molar-refractivity contribution in [3.63, 3.8) is 0 Å². The minimum atomic E-state index is -5.06. The van der Waals surface area contributed by atoms with Gasteiger partial charge < -0.3 is 10.4 Å². The Morgan fingerprint density at radius 1 is 1.00 bits per heavy atom. The third kappa shape index (κ3) is 3.53. The maximum absolute atomic E-state index is 13.2. The van der Waals surface area contributed by atoms with Gasteiger partial charge in [0.2, 0.25) is 5.60 Å². The Morgan fingerprint density at radius 2 is 1.62 bits per heavy atom. The number of carbonyl (C=O) groups excluding carboxylic acids is 1. The number of hydrogen-bond donors (Lipinski definition) is 2. The van der Waals surface area contributed by atoms with E-state index in [0.29, 0.717) is 12.1 Å². The van der Waals surface area contributed by atoms with Gasteiger partial charge in [0.15, 0.2) is 11.6 Å². The molecule has 0 aliphatic carbocycles. The van der Waals surface area contributed by atoms with Crippen molar-refractivity contribution in [3.8, 4) is 0 Å². The van der Waals surface area contributed by atoms with Gasteiger partial charge in [-0.15, -0.1) is 0 Å². The Bertz CT molecular complexity index is 733. The molecule has 0 aromatic heterocycles. The van der Waals surface area contributed by atoms with Crippen LogP contribution in [-0.4, -0.2) is 23.7 Å². The molecule has 8 heteroatoms. The molecule has 1 amide bonds. The normalized spacial score (nSPS) is 14.1. The minimum absolute atomic E-state index is 0.369. The molecule has 2 aromatic carbocycles. The van der Waals surface area contributed by atoms with Gasteiger partial charge in [0.05, 0.1) is 6.54 Å². The van der Waals surface area contributed by atoms with Gasteiger partial charge in [-0.2, -0.15) is 13.2 Å². The molecular weight excluding hydrogens is 333 g/mol. The van der Waals surface area contributed by atoms with E-state index in [-0.39, 0.29) is 5.56 Å². The molecular formula is C16H12F5NO2. The fourth-order valence-corrected chi connectivity index (χ4v) is 2.03. The molecule has 0 aliphatic heterocycles. The molecule has 1 atom stereocenters. The number of amides is 1. The van der Waals surface area contributed by atoms with Crippen LogP contribution in [0.25, 0.3) is 0 Å². The SMILES string of the molecule is O=C(NC[C@](O)(c1ccccc1)C(F)(F)F)c1ccc(F)c(F)c1. The number of aliphatic hydroxyl groups is 1. The molecule has 0 heterocycles. The fourth-order valence-electron chi connectivity index (χ4n) is 2.03. The number of benzene rings is 2. The topological polar surface area (TPSA) is 49.3 Å². The summed E-state index contributed by atoms with van der Waals surface area (Å²) in [5.74, 6) is -3.58. The quantitative estimate of drug-likeness (QED) is 0.837. The van der Waals surface area contributed by atoms with Gasteiger partial charge in [-0.05, 0) is 23.8 Å². The molecule has 0 bridgehead atoms. The fraction of sp³-hybridized carbons (Fsp3) is 0.188. The maximum atomic E-state index is 13.2. The van der Waals surface area contributed by atoms with Crippen molar-refractivity contribution in [2.75, 3.05) is 6.54 Å². The number of alkyl halides is 3. The third-order valence-corrected chi connectivity index (χ3v) is 3.41.